The lowest BCUT2D eigenvalue weighted by Crippen LogP contribution is -1.96. The lowest BCUT2D eigenvalue weighted by molar-refractivity contribution is 0.417. The van der Waals surface area contributed by atoms with Crippen LogP contribution in [0.25, 0.3) is 0 Å². The summed E-state index contributed by atoms with van der Waals surface area (Å²) in [6.07, 6.45) is 1.43. The van der Waals surface area contributed by atoms with Gasteiger partial charge in [-0.3, -0.25) is 0 Å². The highest BCUT2D eigenvalue weighted by Crippen LogP contribution is 2.27. The first kappa shape index (κ1) is 12.2. The Balaban J connectivity index is 2.29. The van der Waals surface area contributed by atoms with E-state index in [-0.39, 0.29) is 0 Å². The number of nitriles is 1. The molecule has 0 aliphatic carbocycles. The van der Waals surface area contributed by atoms with Crippen LogP contribution in [0.5, 0.6) is 5.75 Å². The number of ether oxygens (including phenoxy) is 1. The zero-order valence-electron chi connectivity index (χ0n) is 9.64. The van der Waals surface area contributed by atoms with Crippen molar-refractivity contribution in [2.24, 2.45) is 0 Å². The zero-order chi connectivity index (χ0) is 13.0. The highest BCUT2D eigenvalue weighted by atomic mass is 35.5. The fourth-order valence-electron chi connectivity index (χ4n) is 1.47. The number of pyridine rings is 1. The lowest BCUT2D eigenvalue weighted by Gasteiger charge is -2.10. The summed E-state index contributed by atoms with van der Waals surface area (Å²) >= 11 is 5.94. The van der Waals surface area contributed by atoms with E-state index in [1.54, 1.807) is 13.2 Å². The summed E-state index contributed by atoms with van der Waals surface area (Å²) in [5, 5.41) is 12.2. The van der Waals surface area contributed by atoms with Crippen LogP contribution in [-0.4, -0.2) is 12.1 Å². The molecule has 2 aromatic rings. The van der Waals surface area contributed by atoms with Gasteiger partial charge < -0.3 is 10.1 Å². The Morgan fingerprint density at radius 1 is 1.39 bits per heavy atom. The van der Waals surface area contributed by atoms with Crippen molar-refractivity contribution in [3.8, 4) is 11.8 Å². The predicted octanol–water partition coefficient (Wildman–Crippen LogP) is 3.36. The molecule has 1 heterocycles. The number of nitrogens with one attached hydrogen (secondary N) is 1. The van der Waals surface area contributed by atoms with E-state index in [2.05, 4.69) is 10.3 Å². The summed E-state index contributed by atoms with van der Waals surface area (Å²) in [6, 6.07) is 11.0. The van der Waals surface area contributed by atoms with E-state index < -0.39 is 0 Å². The fourth-order valence-corrected chi connectivity index (χ4v) is 1.66. The predicted molar refractivity (Wildman–Crippen MR) is 70.2 cm³/mol. The number of anilines is 2. The number of halogens is 1. The fraction of sp³-hybridized carbons (Fsp3) is 0.0769. The molecule has 1 aromatic heterocycles. The van der Waals surface area contributed by atoms with Crippen LogP contribution < -0.4 is 10.1 Å². The van der Waals surface area contributed by atoms with Gasteiger partial charge in [0.25, 0.3) is 0 Å². The van der Waals surface area contributed by atoms with E-state index in [1.807, 2.05) is 30.3 Å². The number of methoxy groups -OCH3 is 1. The highest BCUT2D eigenvalue weighted by Gasteiger charge is 2.05. The van der Waals surface area contributed by atoms with Crippen molar-refractivity contribution in [2.75, 3.05) is 12.4 Å². The van der Waals surface area contributed by atoms with E-state index >= 15 is 0 Å². The maximum atomic E-state index is 8.77. The average molecular weight is 260 g/mol. The van der Waals surface area contributed by atoms with Crippen LogP contribution in [0.4, 0.5) is 11.5 Å². The topological polar surface area (TPSA) is 57.9 Å². The van der Waals surface area contributed by atoms with Gasteiger partial charge in [-0.05, 0) is 12.1 Å². The van der Waals surface area contributed by atoms with Crippen molar-refractivity contribution in [3.63, 3.8) is 0 Å². The lowest BCUT2D eigenvalue weighted by atomic mass is 10.2. The van der Waals surface area contributed by atoms with Crippen LogP contribution in [0.2, 0.25) is 5.02 Å². The summed E-state index contributed by atoms with van der Waals surface area (Å²) < 4.78 is 5.22. The Morgan fingerprint density at radius 2 is 2.17 bits per heavy atom. The third-order valence-corrected chi connectivity index (χ3v) is 2.66. The van der Waals surface area contributed by atoms with Crippen molar-refractivity contribution >= 4 is 23.1 Å². The Hall–Kier alpha value is -2.25. The van der Waals surface area contributed by atoms with Crippen molar-refractivity contribution in [1.29, 1.82) is 5.26 Å². The molecule has 18 heavy (non-hydrogen) atoms. The van der Waals surface area contributed by atoms with E-state index in [0.717, 1.165) is 5.69 Å². The quantitative estimate of drug-likeness (QED) is 0.918. The number of benzene rings is 1. The van der Waals surface area contributed by atoms with Crippen LogP contribution >= 0.6 is 11.6 Å². The van der Waals surface area contributed by atoms with Crippen LogP contribution in [0.15, 0.2) is 36.5 Å². The van der Waals surface area contributed by atoms with Crippen molar-refractivity contribution < 1.29 is 4.74 Å². The minimum absolute atomic E-state index is 0.349. The normalized spacial score (nSPS) is 9.61. The van der Waals surface area contributed by atoms with E-state index in [4.69, 9.17) is 21.6 Å². The Bertz CT molecular complexity index is 607. The second-order valence-corrected chi connectivity index (χ2v) is 3.89. The van der Waals surface area contributed by atoms with E-state index in [0.29, 0.717) is 22.2 Å². The Morgan fingerprint density at radius 3 is 2.83 bits per heavy atom. The number of rotatable bonds is 3. The highest BCUT2D eigenvalue weighted by molar-refractivity contribution is 6.31. The van der Waals surface area contributed by atoms with Gasteiger partial charge in [0.1, 0.15) is 17.6 Å². The molecular formula is C13H10ClN3O. The summed E-state index contributed by atoms with van der Waals surface area (Å²) in [5.74, 6) is 1.27. The first-order valence-corrected chi connectivity index (χ1v) is 5.58. The molecule has 90 valence electrons. The van der Waals surface area contributed by atoms with Crippen LogP contribution in [0.1, 0.15) is 5.56 Å². The average Bonchev–Trinajstić information content (AvgIpc) is 2.39. The van der Waals surface area contributed by atoms with Crippen molar-refractivity contribution in [3.05, 3.63) is 47.1 Å². The molecule has 0 amide bonds. The molecular weight excluding hydrogens is 250 g/mol. The molecule has 0 bridgehead atoms. The van der Waals surface area contributed by atoms with E-state index in [9.17, 15) is 0 Å². The maximum Gasteiger partial charge on any atom is 0.142 e. The summed E-state index contributed by atoms with van der Waals surface area (Å²) in [7, 11) is 1.60. The molecule has 0 saturated carbocycles. The Labute approximate surface area is 110 Å². The largest absolute Gasteiger partial charge is 0.495 e. The van der Waals surface area contributed by atoms with Gasteiger partial charge in [-0.25, -0.2) is 4.98 Å². The third kappa shape index (κ3) is 2.53. The standard InChI is InChI=1S/C13H10ClN3O/c1-18-12-5-3-2-4-11(12)17-13-6-10(14)9(7-15)8-16-13/h2-6,8H,1H3,(H,16,17). The van der Waals surface area contributed by atoms with Crippen LogP contribution in [0, 0.1) is 11.3 Å². The zero-order valence-corrected chi connectivity index (χ0v) is 10.4. The minimum Gasteiger partial charge on any atom is -0.495 e. The molecule has 5 heteroatoms. The van der Waals surface area contributed by atoms with Crippen LogP contribution in [0.3, 0.4) is 0 Å². The molecule has 0 saturated heterocycles. The first-order valence-electron chi connectivity index (χ1n) is 5.20. The molecule has 4 nitrogen and oxygen atoms in total. The van der Waals surface area contributed by atoms with Crippen molar-refractivity contribution in [1.82, 2.24) is 4.98 Å². The van der Waals surface area contributed by atoms with E-state index in [1.165, 1.54) is 6.20 Å². The van der Waals surface area contributed by atoms with Gasteiger partial charge in [0.2, 0.25) is 0 Å². The molecule has 0 fully saturated rings. The second-order valence-electron chi connectivity index (χ2n) is 3.49. The van der Waals surface area contributed by atoms with Gasteiger partial charge >= 0.3 is 0 Å². The van der Waals surface area contributed by atoms with Gasteiger partial charge in [-0.1, -0.05) is 23.7 Å². The molecule has 2 rings (SSSR count). The van der Waals surface area contributed by atoms with Crippen molar-refractivity contribution in [2.45, 2.75) is 0 Å². The second kappa shape index (κ2) is 5.39. The molecule has 1 aromatic carbocycles. The molecule has 0 spiro atoms. The van der Waals surface area contributed by atoms with Crippen LogP contribution in [-0.2, 0) is 0 Å². The minimum atomic E-state index is 0.349. The first-order chi connectivity index (χ1) is 8.74. The Kier molecular flexibility index (Phi) is 3.66. The number of aromatic nitrogens is 1. The van der Waals surface area contributed by atoms with Gasteiger partial charge in [-0.2, -0.15) is 5.26 Å². The van der Waals surface area contributed by atoms with Gasteiger partial charge in [0.05, 0.1) is 23.4 Å². The molecule has 0 radical (unpaired) electrons. The maximum absolute atomic E-state index is 8.77. The third-order valence-electron chi connectivity index (χ3n) is 2.34. The van der Waals surface area contributed by atoms with Gasteiger partial charge in [0, 0.05) is 12.3 Å². The summed E-state index contributed by atoms with van der Waals surface area (Å²) in [6.45, 7) is 0. The monoisotopic (exact) mass is 259 g/mol. The van der Waals surface area contributed by atoms with Gasteiger partial charge in [-0.15, -0.1) is 0 Å². The summed E-state index contributed by atoms with van der Waals surface area (Å²) in [5.41, 5.74) is 1.13. The molecule has 0 aliphatic heterocycles. The number of hydrogen-bond donors (Lipinski definition) is 1. The summed E-state index contributed by atoms with van der Waals surface area (Å²) in [4.78, 5) is 4.11. The van der Waals surface area contributed by atoms with Gasteiger partial charge in [0.15, 0.2) is 0 Å². The number of nitrogens with zero attached hydrogens (tertiary/aromatic N) is 2. The molecule has 0 unspecified atom stereocenters. The number of para-hydroxylation sites is 2. The smallest absolute Gasteiger partial charge is 0.142 e. The molecule has 1 N–H and O–H groups in total. The molecule has 0 atom stereocenters. The molecule has 0 aliphatic rings. The SMILES string of the molecule is COc1ccccc1Nc1cc(Cl)c(C#N)cn1. The number of hydrogen-bond acceptors (Lipinski definition) is 4.